The van der Waals surface area contributed by atoms with Gasteiger partial charge in [0.25, 0.3) is 0 Å². The van der Waals surface area contributed by atoms with Gasteiger partial charge < -0.3 is 4.42 Å². The predicted molar refractivity (Wildman–Crippen MR) is 115 cm³/mol. The number of aryl methyl sites for hydroxylation is 2. The zero-order chi connectivity index (χ0) is 20.5. The molecule has 7 heteroatoms. The molecule has 6 nitrogen and oxygen atoms in total. The van der Waals surface area contributed by atoms with Crippen molar-refractivity contribution in [3.05, 3.63) is 75.1 Å². The number of nitrogens with zero attached hydrogens (tertiary/aromatic N) is 4. The normalized spacial score (nSPS) is 11.5. The van der Waals surface area contributed by atoms with Crippen molar-refractivity contribution in [1.29, 1.82) is 0 Å². The molecule has 0 bridgehead atoms. The Morgan fingerprint density at radius 2 is 1.86 bits per heavy atom. The van der Waals surface area contributed by atoms with Crippen LogP contribution in [0.15, 0.2) is 56.8 Å². The molecule has 29 heavy (non-hydrogen) atoms. The summed E-state index contributed by atoms with van der Waals surface area (Å²) in [7, 11) is 0. The minimum absolute atomic E-state index is 0.345. The highest BCUT2D eigenvalue weighted by molar-refractivity contribution is 7.98. The number of hydrogen-bond acceptors (Lipinski definition) is 6. The van der Waals surface area contributed by atoms with Crippen LogP contribution in [0.25, 0.3) is 16.7 Å². The van der Waals surface area contributed by atoms with Gasteiger partial charge in [-0.25, -0.2) is 4.79 Å². The van der Waals surface area contributed by atoms with Gasteiger partial charge in [-0.05, 0) is 71.1 Å². The number of hydrogen-bond donors (Lipinski definition) is 0. The zero-order valence-electron chi connectivity index (χ0n) is 16.8. The molecule has 0 saturated heterocycles. The molecule has 0 N–H and O–H groups in total. The minimum Gasteiger partial charge on any atom is -0.423 e. The van der Waals surface area contributed by atoms with Gasteiger partial charge in [-0.2, -0.15) is 4.68 Å². The van der Waals surface area contributed by atoms with E-state index in [2.05, 4.69) is 35.4 Å². The van der Waals surface area contributed by atoms with E-state index in [9.17, 15) is 4.79 Å². The first-order valence-corrected chi connectivity index (χ1v) is 10.5. The van der Waals surface area contributed by atoms with E-state index < -0.39 is 0 Å². The minimum atomic E-state index is -0.345. The summed E-state index contributed by atoms with van der Waals surface area (Å²) in [5.41, 5.74) is 5.65. The molecule has 148 valence electrons. The average Bonchev–Trinajstić information content (AvgIpc) is 3.14. The van der Waals surface area contributed by atoms with E-state index in [1.807, 2.05) is 44.2 Å². The monoisotopic (exact) mass is 406 g/mol. The van der Waals surface area contributed by atoms with E-state index in [1.54, 1.807) is 10.7 Å². The largest absolute Gasteiger partial charge is 0.423 e. The molecule has 0 unspecified atom stereocenters. The van der Waals surface area contributed by atoms with Gasteiger partial charge in [0, 0.05) is 17.2 Å². The Hall–Kier alpha value is -2.93. The second kappa shape index (κ2) is 7.83. The van der Waals surface area contributed by atoms with Crippen molar-refractivity contribution in [1.82, 2.24) is 20.2 Å². The third-order valence-electron chi connectivity index (χ3n) is 4.92. The average molecular weight is 407 g/mol. The van der Waals surface area contributed by atoms with Crippen LogP contribution >= 0.6 is 11.8 Å². The lowest BCUT2D eigenvalue weighted by atomic mass is 9.95. The molecule has 0 fully saturated rings. The molecule has 2 aromatic heterocycles. The Bertz CT molecular complexity index is 1230. The molecule has 2 heterocycles. The highest BCUT2D eigenvalue weighted by atomic mass is 32.2. The molecular formula is C22H22N4O2S. The lowest BCUT2D eigenvalue weighted by Crippen LogP contribution is -2.03. The highest BCUT2D eigenvalue weighted by Gasteiger charge is 2.14. The van der Waals surface area contributed by atoms with Gasteiger partial charge in [0.1, 0.15) is 5.58 Å². The fourth-order valence-corrected chi connectivity index (χ4v) is 4.27. The maximum absolute atomic E-state index is 12.1. The molecule has 0 spiro atoms. The van der Waals surface area contributed by atoms with Crippen LogP contribution in [0, 0.1) is 13.8 Å². The number of thioether (sulfide) groups is 1. The van der Waals surface area contributed by atoms with E-state index in [0.29, 0.717) is 22.4 Å². The number of aromatic nitrogens is 4. The summed E-state index contributed by atoms with van der Waals surface area (Å²) in [6, 6.07) is 13.7. The lowest BCUT2D eigenvalue weighted by Gasteiger charge is -2.13. The number of fused-ring (bicyclic) bond motifs is 1. The topological polar surface area (TPSA) is 73.8 Å². The Morgan fingerprint density at radius 1 is 1.10 bits per heavy atom. The molecule has 0 radical (unpaired) electrons. The van der Waals surface area contributed by atoms with Crippen molar-refractivity contribution in [3.63, 3.8) is 0 Å². The van der Waals surface area contributed by atoms with Crippen molar-refractivity contribution < 1.29 is 4.42 Å². The Kier molecular flexibility index (Phi) is 5.24. The fourth-order valence-electron chi connectivity index (χ4n) is 3.39. The van der Waals surface area contributed by atoms with Gasteiger partial charge in [-0.1, -0.05) is 43.3 Å². The smallest absolute Gasteiger partial charge is 0.336 e. The van der Waals surface area contributed by atoms with Gasteiger partial charge in [-0.3, -0.25) is 0 Å². The molecule has 4 aromatic rings. The van der Waals surface area contributed by atoms with Crippen LogP contribution in [0.4, 0.5) is 0 Å². The fraction of sp³-hybridized carbons (Fsp3) is 0.273. The van der Waals surface area contributed by atoms with Crippen LogP contribution in [0.3, 0.4) is 0 Å². The van der Waals surface area contributed by atoms with Crippen molar-refractivity contribution in [3.8, 4) is 5.69 Å². The number of benzene rings is 2. The van der Waals surface area contributed by atoms with Gasteiger partial charge in [-0.15, -0.1) is 5.10 Å². The van der Waals surface area contributed by atoms with Crippen LogP contribution in [-0.2, 0) is 5.75 Å². The highest BCUT2D eigenvalue weighted by Crippen LogP contribution is 2.30. The van der Waals surface area contributed by atoms with Gasteiger partial charge in [0.05, 0.1) is 5.69 Å². The van der Waals surface area contributed by atoms with Crippen molar-refractivity contribution >= 4 is 22.7 Å². The predicted octanol–water partition coefficient (Wildman–Crippen LogP) is 4.80. The Balaban J connectivity index is 1.69. The molecule has 0 aliphatic carbocycles. The maximum Gasteiger partial charge on any atom is 0.336 e. The quantitative estimate of drug-likeness (QED) is 0.350. The first-order chi connectivity index (χ1) is 13.9. The van der Waals surface area contributed by atoms with Crippen molar-refractivity contribution in [2.75, 3.05) is 0 Å². The summed E-state index contributed by atoms with van der Waals surface area (Å²) in [4.78, 5) is 12.1. The molecule has 0 aliphatic rings. The summed E-state index contributed by atoms with van der Waals surface area (Å²) in [6.45, 7) is 8.42. The van der Waals surface area contributed by atoms with Gasteiger partial charge in [0.2, 0.25) is 5.16 Å². The molecule has 0 amide bonds. The molecule has 0 atom stereocenters. The second-order valence-corrected chi connectivity index (χ2v) is 8.39. The number of tetrazole rings is 1. The van der Waals surface area contributed by atoms with E-state index in [-0.39, 0.29) is 5.63 Å². The maximum atomic E-state index is 12.1. The Labute approximate surface area is 172 Å². The van der Waals surface area contributed by atoms with Crippen LogP contribution in [0.1, 0.15) is 42.0 Å². The summed E-state index contributed by atoms with van der Waals surface area (Å²) in [5, 5.41) is 13.7. The van der Waals surface area contributed by atoms with Crippen LogP contribution in [0.5, 0.6) is 0 Å². The third-order valence-corrected chi connectivity index (χ3v) is 5.88. The van der Waals surface area contributed by atoms with E-state index in [0.717, 1.165) is 22.2 Å². The molecule has 2 aromatic carbocycles. The summed E-state index contributed by atoms with van der Waals surface area (Å²) in [5.74, 6) is 0.954. The van der Waals surface area contributed by atoms with Crippen molar-refractivity contribution in [2.24, 2.45) is 0 Å². The molecule has 0 saturated carbocycles. The SMILES string of the molecule is Cc1ccc(-n2nnnc2SCc2cc(=O)oc3cc(C)c(C(C)C)cc23)cc1. The Morgan fingerprint density at radius 3 is 2.59 bits per heavy atom. The molecular weight excluding hydrogens is 384 g/mol. The van der Waals surface area contributed by atoms with Crippen LogP contribution < -0.4 is 5.63 Å². The van der Waals surface area contributed by atoms with Crippen LogP contribution in [0.2, 0.25) is 0 Å². The molecule has 0 aliphatic heterocycles. The summed E-state index contributed by atoms with van der Waals surface area (Å²) >= 11 is 1.49. The van der Waals surface area contributed by atoms with Gasteiger partial charge >= 0.3 is 5.63 Å². The summed E-state index contributed by atoms with van der Waals surface area (Å²) < 4.78 is 7.16. The molecule has 4 rings (SSSR count). The lowest BCUT2D eigenvalue weighted by molar-refractivity contribution is 0.559. The zero-order valence-corrected chi connectivity index (χ0v) is 17.7. The first kappa shape index (κ1) is 19.4. The third kappa shape index (κ3) is 3.96. The second-order valence-electron chi connectivity index (χ2n) is 7.45. The van der Waals surface area contributed by atoms with E-state index in [1.165, 1.54) is 22.9 Å². The summed E-state index contributed by atoms with van der Waals surface area (Å²) in [6.07, 6.45) is 0. The van der Waals surface area contributed by atoms with Crippen LogP contribution in [-0.4, -0.2) is 20.2 Å². The first-order valence-electron chi connectivity index (χ1n) is 9.48. The van der Waals surface area contributed by atoms with E-state index in [4.69, 9.17) is 4.42 Å². The van der Waals surface area contributed by atoms with E-state index >= 15 is 0 Å². The van der Waals surface area contributed by atoms with Gasteiger partial charge in [0.15, 0.2) is 0 Å². The standard InChI is InChI=1S/C22H22N4O2S/c1-13(2)18-11-19-16(10-21(27)28-20(19)9-15(18)4)12-29-22-23-24-25-26(22)17-7-5-14(3)6-8-17/h5-11,13H,12H2,1-4H3. The van der Waals surface area contributed by atoms with Crippen molar-refractivity contribution in [2.45, 2.75) is 44.5 Å². The number of rotatable bonds is 5.